The van der Waals surface area contributed by atoms with E-state index in [0.717, 1.165) is 74.4 Å². The van der Waals surface area contributed by atoms with E-state index in [1.807, 2.05) is 49.4 Å². The van der Waals surface area contributed by atoms with Gasteiger partial charge < -0.3 is 15.6 Å². The van der Waals surface area contributed by atoms with Crippen LogP contribution >= 0.6 is 0 Å². The molecule has 5 aromatic rings. The van der Waals surface area contributed by atoms with Crippen molar-refractivity contribution in [1.29, 1.82) is 0 Å². The summed E-state index contributed by atoms with van der Waals surface area (Å²) in [5, 5.41) is 10.2. The predicted octanol–water partition coefficient (Wildman–Crippen LogP) is 2.25. The van der Waals surface area contributed by atoms with Crippen molar-refractivity contribution in [2.24, 2.45) is 5.73 Å². The topological polar surface area (TPSA) is 125 Å². The van der Waals surface area contributed by atoms with Crippen molar-refractivity contribution in [2.75, 3.05) is 18.0 Å². The van der Waals surface area contributed by atoms with Gasteiger partial charge in [0.1, 0.15) is 11.5 Å². The maximum absolute atomic E-state index is 5.90. The summed E-state index contributed by atoms with van der Waals surface area (Å²) < 4.78 is 0. The normalized spacial score (nSPS) is 15.0. The minimum Gasteiger partial charge on any atom is -0.353 e. The number of aromatic amines is 2. The molecule has 1 saturated heterocycles. The molecule has 9 nitrogen and oxygen atoms in total. The van der Waals surface area contributed by atoms with Crippen LogP contribution in [-0.4, -0.2) is 54.2 Å². The molecule has 0 aromatic carbocycles. The average Bonchev–Trinajstić information content (AvgIpc) is 3.49. The molecular weight excluding hydrogens is 450 g/mol. The van der Waals surface area contributed by atoms with Crippen LogP contribution in [0.15, 0.2) is 61.2 Å². The Labute approximate surface area is 207 Å². The number of pyridine rings is 2. The van der Waals surface area contributed by atoms with Gasteiger partial charge in [-0.3, -0.25) is 20.1 Å². The summed E-state index contributed by atoms with van der Waals surface area (Å²) in [5.74, 6) is 0.849. The van der Waals surface area contributed by atoms with Crippen LogP contribution in [-0.2, 0) is 0 Å². The second-order valence-corrected chi connectivity index (χ2v) is 8.93. The summed E-state index contributed by atoms with van der Waals surface area (Å²) in [6.45, 7) is 7.90. The Balaban J connectivity index is 1.31. The van der Waals surface area contributed by atoms with Gasteiger partial charge in [0.2, 0.25) is 0 Å². The van der Waals surface area contributed by atoms with Gasteiger partial charge in [-0.2, -0.15) is 5.10 Å². The van der Waals surface area contributed by atoms with Crippen LogP contribution in [0.3, 0.4) is 0 Å². The van der Waals surface area contributed by atoms with E-state index in [0.29, 0.717) is 0 Å². The first kappa shape index (κ1) is 21.9. The molecule has 0 amide bonds. The number of hydrogen-bond donors (Lipinski definition) is 3. The van der Waals surface area contributed by atoms with E-state index < -0.39 is 0 Å². The number of rotatable bonds is 5. The summed E-state index contributed by atoms with van der Waals surface area (Å²) in [4.78, 5) is 23.7. The lowest BCUT2D eigenvalue weighted by atomic mass is 10.1. The van der Waals surface area contributed by atoms with Gasteiger partial charge in [-0.1, -0.05) is 18.7 Å². The van der Waals surface area contributed by atoms with Crippen LogP contribution < -0.4 is 21.2 Å². The molecule has 0 saturated carbocycles. The molecule has 0 bridgehead atoms. The molecule has 1 fully saturated rings. The lowest BCUT2D eigenvalue weighted by molar-refractivity contribution is 0.513. The van der Waals surface area contributed by atoms with Crippen molar-refractivity contribution in [2.45, 2.75) is 13.0 Å². The average molecular weight is 476 g/mol. The molecule has 9 heteroatoms. The fraction of sp³-hybridized carbons (Fsp3) is 0.148. The fourth-order valence-corrected chi connectivity index (χ4v) is 4.32. The number of hydrogen-bond acceptors (Lipinski definition) is 7. The maximum atomic E-state index is 5.90. The fourth-order valence-electron chi connectivity index (χ4n) is 4.32. The third-order valence-electron chi connectivity index (χ3n) is 6.37. The lowest BCUT2D eigenvalue weighted by Gasteiger charge is -2.37. The summed E-state index contributed by atoms with van der Waals surface area (Å²) in [5.41, 5.74) is 11.9. The SMILES string of the molecule is C=c1c(-c2cc3c(-c4ccccn4)nccc3[nH]2)n[nH]/c1=C/C=C(\C)c1cncc(N2CC(N)C2)n1. The summed E-state index contributed by atoms with van der Waals surface area (Å²) in [6.07, 6.45) is 11.1. The minimum atomic E-state index is 0.209. The van der Waals surface area contributed by atoms with E-state index in [1.165, 1.54) is 0 Å². The Morgan fingerprint density at radius 3 is 2.83 bits per heavy atom. The van der Waals surface area contributed by atoms with Gasteiger partial charge in [-0.25, -0.2) is 4.98 Å². The van der Waals surface area contributed by atoms with Crippen LogP contribution in [0, 0.1) is 0 Å². The van der Waals surface area contributed by atoms with E-state index in [4.69, 9.17) is 10.7 Å². The molecule has 0 unspecified atom stereocenters. The van der Waals surface area contributed by atoms with Crippen molar-refractivity contribution >= 4 is 34.9 Å². The molecule has 0 aliphatic carbocycles. The first-order valence-corrected chi connectivity index (χ1v) is 11.7. The Morgan fingerprint density at radius 1 is 1.14 bits per heavy atom. The van der Waals surface area contributed by atoms with Gasteiger partial charge in [0.25, 0.3) is 0 Å². The van der Waals surface area contributed by atoms with Crippen LogP contribution in [0.5, 0.6) is 0 Å². The molecule has 0 atom stereocenters. The molecular formula is C27H25N9. The van der Waals surface area contributed by atoms with Crippen molar-refractivity contribution in [3.63, 3.8) is 0 Å². The summed E-state index contributed by atoms with van der Waals surface area (Å²) >= 11 is 0. The molecule has 36 heavy (non-hydrogen) atoms. The van der Waals surface area contributed by atoms with Gasteiger partial charge in [0, 0.05) is 47.6 Å². The van der Waals surface area contributed by atoms with Crippen molar-refractivity contribution in [3.8, 4) is 22.8 Å². The van der Waals surface area contributed by atoms with Gasteiger partial charge in [-0.05, 0) is 42.8 Å². The smallest absolute Gasteiger partial charge is 0.147 e. The van der Waals surface area contributed by atoms with Crippen LogP contribution in [0.1, 0.15) is 12.6 Å². The molecule has 6 heterocycles. The number of nitrogens with two attached hydrogens (primary N) is 1. The number of anilines is 1. The van der Waals surface area contributed by atoms with Gasteiger partial charge in [0.05, 0.1) is 40.5 Å². The van der Waals surface area contributed by atoms with Gasteiger partial charge in [-0.15, -0.1) is 0 Å². The van der Waals surface area contributed by atoms with E-state index in [-0.39, 0.29) is 6.04 Å². The summed E-state index contributed by atoms with van der Waals surface area (Å²) in [7, 11) is 0. The highest BCUT2D eigenvalue weighted by Gasteiger charge is 2.24. The monoisotopic (exact) mass is 475 g/mol. The zero-order valence-corrected chi connectivity index (χ0v) is 19.8. The molecule has 0 radical (unpaired) electrons. The van der Waals surface area contributed by atoms with Crippen LogP contribution in [0.4, 0.5) is 5.82 Å². The number of H-pyrrole nitrogens is 2. The first-order chi connectivity index (χ1) is 17.6. The van der Waals surface area contributed by atoms with E-state index in [2.05, 4.69) is 41.6 Å². The highest BCUT2D eigenvalue weighted by Crippen LogP contribution is 2.28. The van der Waals surface area contributed by atoms with Crippen molar-refractivity contribution in [1.82, 2.24) is 35.1 Å². The van der Waals surface area contributed by atoms with Gasteiger partial charge >= 0.3 is 0 Å². The largest absolute Gasteiger partial charge is 0.353 e. The standard InChI is InChI=1S/C27H25N9/c1-16(24-12-29-13-25(33-24)36-14-18(28)15-36)6-7-20-17(2)26(35-34-20)23-11-19-21(32-23)8-10-31-27(19)22-5-3-4-9-30-22/h3-13,18,32,34H,2,14-15,28H2,1H3/b16-6+,20-7+. The van der Waals surface area contributed by atoms with E-state index in [1.54, 1.807) is 24.8 Å². The van der Waals surface area contributed by atoms with Crippen LogP contribution in [0.2, 0.25) is 0 Å². The third kappa shape index (κ3) is 3.95. The molecule has 6 rings (SSSR count). The zero-order chi connectivity index (χ0) is 24.6. The highest BCUT2D eigenvalue weighted by atomic mass is 15.3. The lowest BCUT2D eigenvalue weighted by Crippen LogP contribution is -2.56. The third-order valence-corrected chi connectivity index (χ3v) is 6.37. The summed E-state index contributed by atoms with van der Waals surface area (Å²) in [6, 6.07) is 10.0. The predicted molar refractivity (Wildman–Crippen MR) is 142 cm³/mol. The van der Waals surface area contributed by atoms with E-state index in [9.17, 15) is 0 Å². The maximum Gasteiger partial charge on any atom is 0.147 e. The number of nitrogens with zero attached hydrogens (tertiary/aromatic N) is 6. The Bertz CT molecular complexity index is 1690. The number of fused-ring (bicyclic) bond motifs is 1. The van der Waals surface area contributed by atoms with Crippen molar-refractivity contribution < 1.29 is 0 Å². The van der Waals surface area contributed by atoms with Gasteiger partial charge in [0.15, 0.2) is 0 Å². The number of allylic oxidation sites excluding steroid dienone is 2. The van der Waals surface area contributed by atoms with Crippen molar-refractivity contribution in [3.05, 3.63) is 77.5 Å². The molecule has 0 spiro atoms. The molecule has 4 N–H and O–H groups in total. The minimum absolute atomic E-state index is 0.209. The second-order valence-electron chi connectivity index (χ2n) is 8.93. The highest BCUT2D eigenvalue weighted by molar-refractivity contribution is 5.95. The van der Waals surface area contributed by atoms with E-state index >= 15 is 0 Å². The molecule has 1 aliphatic rings. The molecule has 1 aliphatic heterocycles. The molecule has 5 aromatic heterocycles. The number of aromatic nitrogens is 7. The second kappa shape index (κ2) is 8.86. The quantitative estimate of drug-likeness (QED) is 0.356. The first-order valence-electron chi connectivity index (χ1n) is 11.7. The Kier molecular flexibility index (Phi) is 5.38. The zero-order valence-electron chi connectivity index (χ0n) is 19.8. The Morgan fingerprint density at radius 2 is 2.03 bits per heavy atom. The van der Waals surface area contributed by atoms with Crippen LogP contribution in [0.25, 0.3) is 51.9 Å². The number of nitrogens with one attached hydrogen (secondary N) is 2. The Hall–Kier alpha value is -4.63. The molecule has 178 valence electrons.